The Hall–Kier alpha value is -3.15. The number of carbonyl (C=O) groups is 3. The minimum atomic E-state index is -0.770. The fourth-order valence-corrected chi connectivity index (χ4v) is 9.74. The van der Waals surface area contributed by atoms with Gasteiger partial charge in [0.1, 0.15) is 13.2 Å². The molecule has 6 heteroatoms. The first kappa shape index (κ1) is 73.8. The molecule has 0 bridgehead atoms. The minimum absolute atomic E-state index is 0.0721. The number of ether oxygens (including phenoxy) is 3. The van der Waals surface area contributed by atoms with E-state index in [0.717, 1.165) is 103 Å². The summed E-state index contributed by atoms with van der Waals surface area (Å²) in [7, 11) is 0. The molecule has 0 aromatic carbocycles. The van der Waals surface area contributed by atoms with Gasteiger partial charge in [0, 0.05) is 19.3 Å². The molecule has 0 aromatic heterocycles. The molecular formula is C71H126O6. The summed E-state index contributed by atoms with van der Waals surface area (Å²) in [6.45, 7) is 6.49. The summed E-state index contributed by atoms with van der Waals surface area (Å²) < 4.78 is 16.8. The Morgan fingerprint density at radius 1 is 0.273 bits per heavy atom. The molecule has 0 N–H and O–H groups in total. The normalized spacial score (nSPS) is 12.5. The number of allylic oxidation sites excluding steroid dienone is 12. The van der Waals surface area contributed by atoms with Crippen molar-refractivity contribution in [2.45, 2.75) is 348 Å². The molecule has 77 heavy (non-hydrogen) atoms. The topological polar surface area (TPSA) is 78.9 Å². The van der Waals surface area contributed by atoms with E-state index < -0.39 is 6.10 Å². The third kappa shape index (κ3) is 63.6. The average Bonchev–Trinajstić information content (AvgIpc) is 3.43. The highest BCUT2D eigenvalue weighted by Gasteiger charge is 2.19. The van der Waals surface area contributed by atoms with Crippen LogP contribution in [0.15, 0.2) is 72.9 Å². The Morgan fingerprint density at radius 3 is 0.792 bits per heavy atom. The van der Waals surface area contributed by atoms with E-state index in [2.05, 4.69) is 93.7 Å². The first-order valence-corrected chi connectivity index (χ1v) is 33.4. The van der Waals surface area contributed by atoms with E-state index >= 15 is 0 Å². The van der Waals surface area contributed by atoms with Crippen LogP contribution in [0, 0.1) is 0 Å². The van der Waals surface area contributed by atoms with Crippen molar-refractivity contribution in [2.24, 2.45) is 0 Å². The molecule has 0 heterocycles. The van der Waals surface area contributed by atoms with Crippen molar-refractivity contribution in [3.63, 3.8) is 0 Å². The predicted molar refractivity (Wildman–Crippen MR) is 335 cm³/mol. The third-order valence-electron chi connectivity index (χ3n) is 14.7. The number of unbranched alkanes of at least 4 members (excludes halogenated alkanes) is 38. The standard InChI is InChI=1S/C71H126O6/c1-4-7-10-13-15-17-19-21-23-25-27-29-31-32-33-34-35-36-37-38-40-41-43-45-47-49-51-53-55-58-61-64-70(73)76-67-68(66-75-69(72)63-60-57-12-9-6-3)77-71(74)65-62-59-56-54-52-50-48-46-44-42-39-30-28-26-24-22-20-18-16-14-11-8-5-2/h7,10,15,17,21,23,27,29,32-33,35-36,68H,4-6,8-9,11-14,16,18-20,22,24-26,28,30-31,34,37-67H2,1-3H3/b10-7-,17-15-,23-21-,29-27-,33-32-,36-35-. The van der Waals surface area contributed by atoms with Crippen LogP contribution in [0.5, 0.6) is 0 Å². The second-order valence-electron chi connectivity index (χ2n) is 22.4. The lowest BCUT2D eigenvalue weighted by Gasteiger charge is -2.18. The number of esters is 3. The molecule has 1 atom stereocenters. The number of hydrogen-bond acceptors (Lipinski definition) is 6. The molecule has 0 amide bonds. The summed E-state index contributed by atoms with van der Waals surface area (Å²) >= 11 is 0. The fourth-order valence-electron chi connectivity index (χ4n) is 9.74. The van der Waals surface area contributed by atoms with Crippen LogP contribution in [0.4, 0.5) is 0 Å². The summed E-state index contributed by atoms with van der Waals surface area (Å²) in [5.74, 6) is -0.870. The monoisotopic (exact) mass is 1070 g/mol. The second-order valence-corrected chi connectivity index (χ2v) is 22.4. The van der Waals surface area contributed by atoms with Gasteiger partial charge in [-0.25, -0.2) is 0 Å². The third-order valence-corrected chi connectivity index (χ3v) is 14.7. The molecule has 0 aliphatic heterocycles. The highest BCUT2D eigenvalue weighted by Crippen LogP contribution is 2.18. The van der Waals surface area contributed by atoms with Gasteiger partial charge in [-0.05, 0) is 70.6 Å². The summed E-state index contributed by atoms with van der Waals surface area (Å²) in [5, 5.41) is 0. The van der Waals surface area contributed by atoms with Crippen molar-refractivity contribution in [3.8, 4) is 0 Å². The van der Waals surface area contributed by atoms with Gasteiger partial charge in [0.15, 0.2) is 6.10 Å². The van der Waals surface area contributed by atoms with Crippen LogP contribution in [0.25, 0.3) is 0 Å². The molecule has 0 aromatic rings. The predicted octanol–water partition coefficient (Wildman–Crippen LogP) is 22.9. The Kier molecular flexibility index (Phi) is 62.7. The lowest BCUT2D eigenvalue weighted by Crippen LogP contribution is -2.30. The molecule has 0 radical (unpaired) electrons. The highest BCUT2D eigenvalue weighted by atomic mass is 16.6. The van der Waals surface area contributed by atoms with Crippen LogP contribution < -0.4 is 0 Å². The molecule has 1 unspecified atom stereocenters. The van der Waals surface area contributed by atoms with Crippen molar-refractivity contribution in [3.05, 3.63) is 72.9 Å². The van der Waals surface area contributed by atoms with E-state index in [1.165, 1.54) is 199 Å². The molecule has 0 rings (SSSR count). The maximum absolute atomic E-state index is 12.8. The summed E-state index contributed by atoms with van der Waals surface area (Å²) in [4.78, 5) is 38.0. The molecule has 0 fully saturated rings. The van der Waals surface area contributed by atoms with Gasteiger partial charge in [-0.3, -0.25) is 14.4 Å². The molecule has 0 spiro atoms. The van der Waals surface area contributed by atoms with Gasteiger partial charge < -0.3 is 14.2 Å². The smallest absolute Gasteiger partial charge is 0.306 e. The quantitative estimate of drug-likeness (QED) is 0.0261. The number of carbonyl (C=O) groups excluding carboxylic acids is 3. The van der Waals surface area contributed by atoms with Gasteiger partial charge in [0.2, 0.25) is 0 Å². The van der Waals surface area contributed by atoms with Crippen LogP contribution in [0.1, 0.15) is 342 Å². The molecular weight excluding hydrogens is 949 g/mol. The van der Waals surface area contributed by atoms with Gasteiger partial charge in [0.05, 0.1) is 0 Å². The van der Waals surface area contributed by atoms with Crippen molar-refractivity contribution < 1.29 is 28.6 Å². The first-order chi connectivity index (χ1) is 38.0. The lowest BCUT2D eigenvalue weighted by molar-refractivity contribution is -0.167. The van der Waals surface area contributed by atoms with Crippen molar-refractivity contribution in [2.75, 3.05) is 13.2 Å². The van der Waals surface area contributed by atoms with Gasteiger partial charge >= 0.3 is 17.9 Å². The van der Waals surface area contributed by atoms with Crippen molar-refractivity contribution >= 4 is 17.9 Å². The molecule has 0 saturated heterocycles. The average molecular weight is 1080 g/mol. The highest BCUT2D eigenvalue weighted by molar-refractivity contribution is 5.71. The van der Waals surface area contributed by atoms with E-state index in [0.29, 0.717) is 19.3 Å². The van der Waals surface area contributed by atoms with Gasteiger partial charge in [-0.15, -0.1) is 0 Å². The maximum Gasteiger partial charge on any atom is 0.306 e. The Labute approximate surface area is 478 Å². The second kappa shape index (κ2) is 65.4. The molecule has 0 aliphatic rings. The zero-order valence-electron chi connectivity index (χ0n) is 51.2. The van der Waals surface area contributed by atoms with Crippen molar-refractivity contribution in [1.82, 2.24) is 0 Å². The Bertz CT molecular complexity index is 1420. The number of hydrogen-bond donors (Lipinski definition) is 0. The van der Waals surface area contributed by atoms with E-state index in [4.69, 9.17) is 14.2 Å². The SMILES string of the molecule is CC/C=C\C/C=C\C/C=C\C/C=C\C/C=C\C/C=C\CCCCCCCCCCCCCCC(=O)OCC(COC(=O)CCCCCCC)OC(=O)CCCCCCCCCCCCCCCCCCCCCCCCC. The minimum Gasteiger partial charge on any atom is -0.462 e. The molecule has 6 nitrogen and oxygen atoms in total. The lowest BCUT2D eigenvalue weighted by atomic mass is 10.0. The van der Waals surface area contributed by atoms with E-state index in [1.54, 1.807) is 0 Å². The molecule has 446 valence electrons. The zero-order chi connectivity index (χ0) is 55.7. The van der Waals surface area contributed by atoms with E-state index in [1.807, 2.05) is 0 Å². The summed E-state index contributed by atoms with van der Waals surface area (Å²) in [6.07, 6.45) is 85.4. The van der Waals surface area contributed by atoms with Crippen LogP contribution in [0.3, 0.4) is 0 Å². The molecule has 0 saturated carbocycles. The number of rotatable bonds is 61. The van der Waals surface area contributed by atoms with E-state index in [-0.39, 0.29) is 31.1 Å². The Balaban J connectivity index is 3.99. The van der Waals surface area contributed by atoms with E-state index in [9.17, 15) is 14.4 Å². The van der Waals surface area contributed by atoms with Crippen molar-refractivity contribution in [1.29, 1.82) is 0 Å². The first-order valence-electron chi connectivity index (χ1n) is 33.4. The largest absolute Gasteiger partial charge is 0.462 e. The van der Waals surface area contributed by atoms with Crippen LogP contribution >= 0.6 is 0 Å². The summed E-state index contributed by atoms with van der Waals surface area (Å²) in [6, 6.07) is 0. The van der Waals surface area contributed by atoms with Crippen LogP contribution in [-0.2, 0) is 28.6 Å². The summed E-state index contributed by atoms with van der Waals surface area (Å²) in [5.41, 5.74) is 0. The van der Waals surface area contributed by atoms with Gasteiger partial charge in [0.25, 0.3) is 0 Å². The van der Waals surface area contributed by atoms with Gasteiger partial charge in [-0.2, -0.15) is 0 Å². The Morgan fingerprint density at radius 2 is 0.506 bits per heavy atom. The maximum atomic E-state index is 12.8. The zero-order valence-corrected chi connectivity index (χ0v) is 51.2. The molecule has 0 aliphatic carbocycles. The fraction of sp³-hybridized carbons (Fsp3) is 0.789. The van der Waals surface area contributed by atoms with Gasteiger partial charge in [-0.1, -0.05) is 325 Å². The van der Waals surface area contributed by atoms with Crippen LogP contribution in [0.2, 0.25) is 0 Å². The van der Waals surface area contributed by atoms with Crippen LogP contribution in [-0.4, -0.2) is 37.2 Å².